The predicted molar refractivity (Wildman–Crippen MR) is 186 cm³/mol. The van der Waals surface area contributed by atoms with Gasteiger partial charge >= 0.3 is 0 Å². The van der Waals surface area contributed by atoms with E-state index in [-0.39, 0.29) is 42.5 Å². The van der Waals surface area contributed by atoms with Crippen molar-refractivity contribution in [3.8, 4) is 5.75 Å². The summed E-state index contributed by atoms with van der Waals surface area (Å²) in [4.78, 5) is 57.2. The Morgan fingerprint density at radius 2 is 1.61 bits per heavy atom. The maximum absolute atomic E-state index is 14.7. The molecule has 4 aromatic carbocycles. The third-order valence-corrected chi connectivity index (χ3v) is 8.81. The molecule has 0 bridgehead atoms. The maximum atomic E-state index is 14.7. The monoisotopic (exact) mass is 706 g/mol. The minimum Gasteiger partial charge on any atom is -0.496 e. The predicted octanol–water partition coefficient (Wildman–Crippen LogP) is 5.91. The van der Waals surface area contributed by atoms with E-state index in [1.54, 1.807) is 74.2 Å². The van der Waals surface area contributed by atoms with Gasteiger partial charge in [0.1, 0.15) is 11.8 Å². The Morgan fingerprint density at radius 3 is 2.24 bits per heavy atom. The Bertz CT molecular complexity index is 1800. The molecule has 5 rings (SSSR count). The number of nitrogens with one attached hydrogen (secondary N) is 2. The number of carbonyl (C=O) groups excluding carboxylic acids is 4. The Labute approximate surface area is 282 Å². The van der Waals surface area contributed by atoms with E-state index in [2.05, 4.69) is 26.6 Å². The maximum Gasteiger partial charge on any atom is 0.258 e. The third-order valence-electron chi connectivity index (χ3n) is 8.32. The van der Waals surface area contributed by atoms with Crippen molar-refractivity contribution < 1.29 is 23.9 Å². The molecule has 0 aliphatic carbocycles. The van der Waals surface area contributed by atoms with Crippen LogP contribution >= 0.6 is 28.3 Å². The molecule has 0 spiro atoms. The molecular formula is C35H36BrClN4O5. The van der Waals surface area contributed by atoms with Gasteiger partial charge in [-0.2, -0.15) is 0 Å². The summed E-state index contributed by atoms with van der Waals surface area (Å²) in [5.41, 5.74) is 2.64. The van der Waals surface area contributed by atoms with Crippen LogP contribution in [0.2, 0.25) is 0 Å². The van der Waals surface area contributed by atoms with Gasteiger partial charge in [0.2, 0.25) is 5.91 Å². The molecule has 0 radical (unpaired) electrons. The highest BCUT2D eigenvalue weighted by atomic mass is 79.9. The van der Waals surface area contributed by atoms with Crippen LogP contribution in [0.3, 0.4) is 0 Å². The lowest BCUT2D eigenvalue weighted by Gasteiger charge is -2.32. The normalized spacial score (nSPS) is 16.6. The number of halogens is 2. The number of anilines is 2. The average molecular weight is 708 g/mol. The smallest absolute Gasteiger partial charge is 0.258 e. The number of fused-ring (bicyclic) bond motifs is 2. The topological polar surface area (TPSA) is 108 Å². The van der Waals surface area contributed by atoms with Crippen molar-refractivity contribution in [2.45, 2.75) is 45.4 Å². The van der Waals surface area contributed by atoms with Gasteiger partial charge in [-0.05, 0) is 81.1 Å². The Hall–Kier alpha value is -4.25. The fraction of sp³-hybridized carbons (Fsp3) is 0.257. The average Bonchev–Trinajstić information content (AvgIpc) is 3.12. The number of Topliss-reactive ketones (excluding diaryl/α,β-unsaturated/α-hetero) is 1. The zero-order valence-corrected chi connectivity index (χ0v) is 28.6. The second-order valence-corrected chi connectivity index (χ2v) is 12.0. The molecule has 1 unspecified atom stereocenters. The molecule has 240 valence electrons. The van der Waals surface area contributed by atoms with Gasteiger partial charge in [0.15, 0.2) is 5.78 Å². The van der Waals surface area contributed by atoms with E-state index >= 15 is 0 Å². The van der Waals surface area contributed by atoms with Crippen LogP contribution in [0.1, 0.15) is 47.1 Å². The molecule has 1 heterocycles. The summed E-state index contributed by atoms with van der Waals surface area (Å²) in [6, 6.07) is 21.0. The minimum atomic E-state index is -1.09. The first-order valence-electron chi connectivity index (χ1n) is 14.6. The van der Waals surface area contributed by atoms with Gasteiger partial charge in [0.05, 0.1) is 37.1 Å². The van der Waals surface area contributed by atoms with Crippen LogP contribution < -0.4 is 25.2 Å². The molecule has 1 aliphatic rings. The van der Waals surface area contributed by atoms with Gasteiger partial charge in [-0.15, -0.1) is 12.4 Å². The number of hydrogen-bond acceptors (Lipinski definition) is 6. The summed E-state index contributed by atoms with van der Waals surface area (Å²) in [5, 5.41) is 7.71. The van der Waals surface area contributed by atoms with E-state index in [0.29, 0.717) is 28.3 Å². The first kappa shape index (κ1) is 34.6. The van der Waals surface area contributed by atoms with Crippen LogP contribution in [-0.2, 0) is 16.1 Å². The van der Waals surface area contributed by atoms with Crippen molar-refractivity contribution in [2.24, 2.45) is 0 Å². The molecule has 11 heteroatoms. The number of amides is 3. The van der Waals surface area contributed by atoms with Crippen molar-refractivity contribution in [2.75, 3.05) is 24.0 Å². The van der Waals surface area contributed by atoms with Crippen LogP contribution in [0.4, 0.5) is 11.4 Å². The molecular weight excluding hydrogens is 672 g/mol. The van der Waals surface area contributed by atoms with Crippen LogP contribution in [-0.4, -0.2) is 55.8 Å². The zero-order chi connectivity index (χ0) is 32.4. The number of hydrogen-bond donors (Lipinski definition) is 2. The summed E-state index contributed by atoms with van der Waals surface area (Å²) >= 11 is 3.54. The number of benzene rings is 4. The van der Waals surface area contributed by atoms with Crippen LogP contribution in [0.25, 0.3) is 10.8 Å². The fourth-order valence-electron chi connectivity index (χ4n) is 5.65. The lowest BCUT2D eigenvalue weighted by molar-refractivity contribution is -0.128. The molecule has 0 fully saturated rings. The highest BCUT2D eigenvalue weighted by molar-refractivity contribution is 9.10. The van der Waals surface area contributed by atoms with Crippen molar-refractivity contribution in [3.63, 3.8) is 0 Å². The first-order valence-corrected chi connectivity index (χ1v) is 15.4. The summed E-state index contributed by atoms with van der Waals surface area (Å²) < 4.78 is 6.69. The molecule has 0 saturated heterocycles. The Balaban J connectivity index is 0.00000480. The van der Waals surface area contributed by atoms with E-state index in [1.165, 1.54) is 6.92 Å². The molecule has 3 atom stereocenters. The molecule has 3 amide bonds. The van der Waals surface area contributed by atoms with Crippen molar-refractivity contribution in [1.82, 2.24) is 10.6 Å². The van der Waals surface area contributed by atoms with E-state index in [9.17, 15) is 19.2 Å². The van der Waals surface area contributed by atoms with Gasteiger partial charge in [-0.1, -0.05) is 52.3 Å². The fourth-order valence-corrected chi connectivity index (χ4v) is 6.03. The molecule has 4 aromatic rings. The van der Waals surface area contributed by atoms with Gasteiger partial charge < -0.3 is 25.2 Å². The van der Waals surface area contributed by atoms with Gasteiger partial charge in [0, 0.05) is 21.2 Å². The quantitative estimate of drug-likeness (QED) is 0.221. The molecule has 46 heavy (non-hydrogen) atoms. The molecule has 9 nitrogen and oxygen atoms in total. The molecule has 0 saturated carbocycles. The van der Waals surface area contributed by atoms with Crippen LogP contribution in [0.5, 0.6) is 5.75 Å². The zero-order valence-electron chi connectivity index (χ0n) is 26.2. The van der Waals surface area contributed by atoms with Crippen molar-refractivity contribution in [3.05, 3.63) is 100 Å². The number of rotatable bonds is 8. The highest BCUT2D eigenvalue weighted by Gasteiger charge is 2.43. The standard InChI is InChI=1S/C35H35BrN4O5.ClH/c1-20(37-4)33(42)38-32-21(2)40(34(43)24-12-10-23(11-13-24)22(3)41)30-9-7-6-8-29(30)39(35(32)44)19-28-27-16-15-26(36)18-25(27)14-17-31(28)45-5;/h6-18,20-21,32,37H,19H2,1-5H3,(H,38,42);1H/t20?,21-,32-;/m0./s1. The van der Waals surface area contributed by atoms with Crippen LogP contribution in [0.15, 0.2) is 83.3 Å². The van der Waals surface area contributed by atoms with E-state index < -0.39 is 18.1 Å². The van der Waals surface area contributed by atoms with E-state index in [4.69, 9.17) is 4.74 Å². The number of ether oxygens (including phenoxy) is 1. The summed E-state index contributed by atoms with van der Waals surface area (Å²) in [6.45, 7) is 5.04. The van der Waals surface area contributed by atoms with Crippen molar-refractivity contribution in [1.29, 1.82) is 0 Å². The van der Waals surface area contributed by atoms with Gasteiger partial charge in [0.25, 0.3) is 11.8 Å². The lowest BCUT2D eigenvalue weighted by atomic mass is 10.0. The largest absolute Gasteiger partial charge is 0.496 e. The summed E-state index contributed by atoms with van der Waals surface area (Å²) in [7, 11) is 3.25. The van der Waals surface area contributed by atoms with Crippen molar-refractivity contribution >= 4 is 74.0 Å². The number of ketones is 1. The lowest BCUT2D eigenvalue weighted by Crippen LogP contribution is -2.59. The molecule has 2 N–H and O–H groups in total. The second kappa shape index (κ2) is 14.5. The number of carbonyl (C=O) groups is 4. The number of para-hydroxylation sites is 2. The second-order valence-electron chi connectivity index (χ2n) is 11.1. The first-order chi connectivity index (χ1) is 21.5. The van der Waals surface area contributed by atoms with Gasteiger partial charge in [-0.25, -0.2) is 0 Å². The number of nitrogens with zero attached hydrogens (tertiary/aromatic N) is 2. The molecule has 1 aliphatic heterocycles. The number of likely N-dealkylation sites (N-methyl/N-ethyl adjacent to an activating group) is 1. The molecule has 0 aromatic heterocycles. The number of methoxy groups -OCH3 is 1. The van der Waals surface area contributed by atoms with E-state index in [1.807, 2.05) is 42.5 Å². The van der Waals surface area contributed by atoms with Crippen LogP contribution in [0, 0.1) is 0 Å². The summed E-state index contributed by atoms with van der Waals surface area (Å²) in [6.07, 6.45) is 0. The van der Waals surface area contributed by atoms with E-state index in [0.717, 1.165) is 20.8 Å². The summed E-state index contributed by atoms with van der Waals surface area (Å²) in [5.74, 6) is -0.616. The highest BCUT2D eigenvalue weighted by Crippen LogP contribution is 2.39. The Morgan fingerprint density at radius 1 is 0.957 bits per heavy atom. The third kappa shape index (κ3) is 6.65. The Kier molecular flexibility index (Phi) is 10.9. The SMILES string of the molecule is CNC(C)C(=O)N[C@@H]1C(=O)N(Cc2c(OC)ccc3cc(Br)ccc23)c2ccccc2N(C(=O)c2ccc(C(C)=O)cc2)[C@H]1C.Cl. The minimum absolute atomic E-state index is 0. The van der Waals surface area contributed by atoms with Gasteiger partial charge in [-0.3, -0.25) is 19.2 Å².